The van der Waals surface area contributed by atoms with E-state index in [0.717, 1.165) is 35.3 Å². The summed E-state index contributed by atoms with van der Waals surface area (Å²) in [5, 5.41) is 3.05. The summed E-state index contributed by atoms with van der Waals surface area (Å²) in [7, 11) is 1.69. The van der Waals surface area contributed by atoms with E-state index in [1.165, 1.54) is 19.3 Å². The van der Waals surface area contributed by atoms with Crippen molar-refractivity contribution < 1.29 is 14.3 Å². The molecular weight excluding hydrogens is 412 g/mol. The molecule has 0 unspecified atom stereocenters. The van der Waals surface area contributed by atoms with Crippen molar-refractivity contribution in [2.45, 2.75) is 45.4 Å². The Morgan fingerprint density at radius 3 is 2.48 bits per heavy atom. The monoisotopic (exact) mass is 446 g/mol. The Bertz CT molecular complexity index is 1040. The lowest BCUT2D eigenvalue weighted by Crippen LogP contribution is -2.45. The normalized spacial score (nSPS) is 24.9. The number of ether oxygens (including phenoxy) is 1. The summed E-state index contributed by atoms with van der Waals surface area (Å²) < 4.78 is 5.51. The number of para-hydroxylation sites is 1. The van der Waals surface area contributed by atoms with Gasteiger partial charge in [0.1, 0.15) is 5.75 Å². The lowest BCUT2D eigenvalue weighted by atomic mass is 9.79. The largest absolute Gasteiger partial charge is 0.496 e. The number of hydrogen-bond acceptors (Lipinski definition) is 3. The first-order valence-electron chi connectivity index (χ1n) is 12.3. The van der Waals surface area contributed by atoms with E-state index in [1.807, 2.05) is 30.0 Å². The zero-order valence-electron chi connectivity index (χ0n) is 19.7. The molecule has 2 aromatic rings. The second kappa shape index (κ2) is 8.51. The molecule has 0 bridgehead atoms. The average molecular weight is 447 g/mol. The Kier molecular flexibility index (Phi) is 5.67. The first kappa shape index (κ1) is 22.0. The van der Waals surface area contributed by atoms with Gasteiger partial charge in [0.25, 0.3) is 0 Å². The van der Waals surface area contributed by atoms with Gasteiger partial charge in [0, 0.05) is 31.1 Å². The minimum atomic E-state index is -0.556. The lowest BCUT2D eigenvalue weighted by Gasteiger charge is -2.30. The Balaban J connectivity index is 1.33. The molecule has 2 saturated carbocycles. The number of carbonyl (C=O) groups is 2. The molecule has 1 saturated heterocycles. The van der Waals surface area contributed by atoms with Gasteiger partial charge in [0.2, 0.25) is 11.8 Å². The number of nitrogens with zero attached hydrogens (tertiary/aromatic N) is 1. The molecule has 0 aromatic heterocycles. The predicted molar refractivity (Wildman–Crippen MR) is 129 cm³/mol. The van der Waals surface area contributed by atoms with Crippen LogP contribution in [-0.4, -0.2) is 43.5 Å². The molecule has 33 heavy (non-hydrogen) atoms. The molecule has 5 rings (SSSR count). The molecule has 1 spiro atoms. The van der Waals surface area contributed by atoms with Crippen LogP contribution in [0.2, 0.25) is 0 Å². The van der Waals surface area contributed by atoms with Gasteiger partial charge < -0.3 is 15.0 Å². The molecule has 5 heteroatoms. The van der Waals surface area contributed by atoms with Crippen LogP contribution in [0.5, 0.6) is 5.75 Å². The molecule has 2 aromatic carbocycles. The highest BCUT2D eigenvalue weighted by Gasteiger charge is 2.62. The van der Waals surface area contributed by atoms with E-state index in [9.17, 15) is 9.59 Å². The third kappa shape index (κ3) is 3.92. The van der Waals surface area contributed by atoms with E-state index < -0.39 is 5.41 Å². The van der Waals surface area contributed by atoms with E-state index in [-0.39, 0.29) is 17.7 Å². The summed E-state index contributed by atoms with van der Waals surface area (Å²) in [6.45, 7) is 3.77. The van der Waals surface area contributed by atoms with E-state index in [1.54, 1.807) is 7.11 Å². The summed E-state index contributed by atoms with van der Waals surface area (Å²) >= 11 is 0. The third-order valence-corrected chi connectivity index (χ3v) is 8.24. The first-order valence-corrected chi connectivity index (χ1v) is 12.3. The Morgan fingerprint density at radius 2 is 1.85 bits per heavy atom. The predicted octanol–water partition coefficient (Wildman–Crippen LogP) is 4.45. The first-order chi connectivity index (χ1) is 16.0. The van der Waals surface area contributed by atoms with Crippen molar-refractivity contribution in [3.05, 3.63) is 54.1 Å². The molecule has 2 amide bonds. The minimum Gasteiger partial charge on any atom is -0.496 e. The zero-order chi connectivity index (χ0) is 23.1. The van der Waals surface area contributed by atoms with Gasteiger partial charge in [-0.25, -0.2) is 0 Å². The summed E-state index contributed by atoms with van der Waals surface area (Å²) in [5.74, 6) is 1.41. The van der Waals surface area contributed by atoms with E-state index in [0.29, 0.717) is 31.5 Å². The standard InChI is InChI=1S/C28H34N2O3/c1-3-29-26(32)28(15-16-30(19-28)25(31)23-18-27(23)13-6-14-27)17-20-9-11-21(12-10-20)22-7-4-5-8-24(22)33-2/h4-5,7-12,23H,3,6,13-19H2,1-2H3,(H,29,32)/t23-,28+/m0/s1. The third-order valence-electron chi connectivity index (χ3n) is 8.24. The van der Waals surface area contributed by atoms with Crippen LogP contribution in [0.4, 0.5) is 0 Å². The second-order valence-electron chi connectivity index (χ2n) is 10.2. The van der Waals surface area contributed by atoms with E-state index in [4.69, 9.17) is 4.74 Å². The van der Waals surface area contributed by atoms with Crippen molar-refractivity contribution in [1.82, 2.24) is 10.2 Å². The maximum absolute atomic E-state index is 13.2. The smallest absolute Gasteiger partial charge is 0.228 e. The topological polar surface area (TPSA) is 58.6 Å². The maximum Gasteiger partial charge on any atom is 0.228 e. The number of likely N-dealkylation sites (tertiary alicyclic amines) is 1. The van der Waals surface area contributed by atoms with Crippen molar-refractivity contribution in [2.24, 2.45) is 16.7 Å². The van der Waals surface area contributed by atoms with Crippen LogP contribution >= 0.6 is 0 Å². The van der Waals surface area contributed by atoms with E-state index >= 15 is 0 Å². The molecular formula is C28H34N2O3. The number of methoxy groups -OCH3 is 1. The highest BCUT2D eigenvalue weighted by atomic mass is 16.5. The Hall–Kier alpha value is -2.82. The van der Waals surface area contributed by atoms with Gasteiger partial charge in [-0.15, -0.1) is 0 Å². The molecule has 3 aliphatic rings. The molecule has 1 heterocycles. The molecule has 1 aliphatic heterocycles. The van der Waals surface area contributed by atoms with Crippen molar-refractivity contribution in [3.63, 3.8) is 0 Å². The molecule has 174 valence electrons. The molecule has 5 nitrogen and oxygen atoms in total. The summed E-state index contributed by atoms with van der Waals surface area (Å²) in [6.07, 6.45) is 6.09. The fourth-order valence-electron chi connectivity index (χ4n) is 6.00. The molecule has 1 N–H and O–H groups in total. The van der Waals surface area contributed by atoms with E-state index in [2.05, 4.69) is 35.6 Å². The summed E-state index contributed by atoms with van der Waals surface area (Å²) in [5.41, 5.74) is 3.03. The van der Waals surface area contributed by atoms with Crippen molar-refractivity contribution in [2.75, 3.05) is 26.7 Å². The highest BCUT2D eigenvalue weighted by molar-refractivity contribution is 5.87. The fraction of sp³-hybridized carbons (Fsp3) is 0.500. The number of nitrogens with one attached hydrogen (secondary N) is 1. The number of hydrogen-bond donors (Lipinski definition) is 1. The van der Waals surface area contributed by atoms with Gasteiger partial charge in [0.15, 0.2) is 0 Å². The van der Waals surface area contributed by atoms with Gasteiger partial charge >= 0.3 is 0 Å². The van der Waals surface area contributed by atoms with Crippen LogP contribution in [0.15, 0.2) is 48.5 Å². The summed E-state index contributed by atoms with van der Waals surface area (Å²) in [6, 6.07) is 16.4. The molecule has 2 atom stereocenters. The van der Waals surface area contributed by atoms with Crippen LogP contribution in [0.25, 0.3) is 11.1 Å². The van der Waals surface area contributed by atoms with Gasteiger partial charge in [-0.2, -0.15) is 0 Å². The van der Waals surface area contributed by atoms with Crippen molar-refractivity contribution in [1.29, 1.82) is 0 Å². The SMILES string of the molecule is CCNC(=O)[C@@]1(Cc2ccc(-c3ccccc3OC)cc2)CCN(C(=O)[C@@H]2CC23CCC3)C1. The maximum atomic E-state index is 13.2. The minimum absolute atomic E-state index is 0.0725. The van der Waals surface area contributed by atoms with Gasteiger partial charge in [-0.05, 0) is 61.6 Å². The zero-order valence-corrected chi connectivity index (χ0v) is 19.7. The van der Waals surface area contributed by atoms with Crippen molar-refractivity contribution >= 4 is 11.8 Å². The average Bonchev–Trinajstić information content (AvgIpc) is 3.46. The van der Waals surface area contributed by atoms with Crippen LogP contribution in [-0.2, 0) is 16.0 Å². The summed E-state index contributed by atoms with van der Waals surface area (Å²) in [4.78, 5) is 28.4. The second-order valence-corrected chi connectivity index (χ2v) is 10.2. The number of benzene rings is 2. The molecule has 2 aliphatic carbocycles. The molecule has 0 radical (unpaired) electrons. The van der Waals surface area contributed by atoms with Crippen molar-refractivity contribution in [3.8, 4) is 16.9 Å². The highest BCUT2D eigenvalue weighted by Crippen LogP contribution is 2.66. The van der Waals surface area contributed by atoms with Crippen LogP contribution in [0.1, 0.15) is 44.6 Å². The Morgan fingerprint density at radius 1 is 1.09 bits per heavy atom. The van der Waals surface area contributed by atoms with Gasteiger partial charge in [0.05, 0.1) is 12.5 Å². The number of carbonyl (C=O) groups excluding carboxylic acids is 2. The fourth-order valence-corrected chi connectivity index (χ4v) is 6.00. The molecule has 3 fully saturated rings. The van der Waals surface area contributed by atoms with Gasteiger partial charge in [-0.3, -0.25) is 9.59 Å². The van der Waals surface area contributed by atoms with Crippen LogP contribution in [0.3, 0.4) is 0 Å². The Labute approximate surface area is 196 Å². The van der Waals surface area contributed by atoms with Crippen LogP contribution < -0.4 is 10.1 Å². The van der Waals surface area contributed by atoms with Gasteiger partial charge in [-0.1, -0.05) is 48.9 Å². The quantitative estimate of drug-likeness (QED) is 0.684. The number of rotatable bonds is 7. The number of amides is 2. The lowest BCUT2D eigenvalue weighted by molar-refractivity contribution is -0.135. The van der Waals surface area contributed by atoms with Crippen LogP contribution in [0, 0.1) is 16.7 Å².